The lowest BCUT2D eigenvalue weighted by atomic mass is 9.82. The average Bonchev–Trinajstić information content (AvgIpc) is 2.38. The van der Waals surface area contributed by atoms with E-state index in [2.05, 4.69) is 29.7 Å². The summed E-state index contributed by atoms with van der Waals surface area (Å²) in [4.78, 5) is 12.3. The Morgan fingerprint density at radius 1 is 1.42 bits per heavy atom. The van der Waals surface area contributed by atoms with Crippen LogP contribution in [-0.4, -0.2) is 19.0 Å². The number of piperidine rings is 1. The Balaban J connectivity index is 0.00000180. The number of carbonyl (C=O) groups excluding carboxylic acids is 1. The predicted octanol–water partition coefficient (Wildman–Crippen LogP) is 2.42. The highest BCUT2D eigenvalue weighted by Gasteiger charge is 2.34. The largest absolute Gasteiger partial charge is 0.352 e. The predicted molar refractivity (Wildman–Crippen MR) is 80.5 cm³/mol. The molecule has 1 aliphatic rings. The summed E-state index contributed by atoms with van der Waals surface area (Å²) in [6, 6.07) is 8.17. The summed E-state index contributed by atoms with van der Waals surface area (Å²) in [6.07, 6.45) is 2.05. The van der Waals surface area contributed by atoms with Crippen LogP contribution in [-0.2, 0) is 11.3 Å². The summed E-state index contributed by atoms with van der Waals surface area (Å²) in [7, 11) is 0. The van der Waals surface area contributed by atoms with Gasteiger partial charge >= 0.3 is 0 Å². The molecule has 1 atom stereocenters. The van der Waals surface area contributed by atoms with Crippen molar-refractivity contribution < 1.29 is 4.79 Å². The van der Waals surface area contributed by atoms with E-state index in [0.717, 1.165) is 25.9 Å². The number of carbonyl (C=O) groups is 1. The minimum absolute atomic E-state index is 0. The van der Waals surface area contributed by atoms with Crippen LogP contribution in [0.4, 0.5) is 0 Å². The third-order valence-electron chi connectivity index (χ3n) is 3.85. The van der Waals surface area contributed by atoms with Gasteiger partial charge in [-0.2, -0.15) is 0 Å². The van der Waals surface area contributed by atoms with Gasteiger partial charge in [-0.05, 0) is 44.4 Å². The molecule has 0 spiro atoms. The molecule has 0 bridgehead atoms. The number of aryl methyl sites for hydroxylation is 1. The van der Waals surface area contributed by atoms with E-state index in [1.165, 1.54) is 11.1 Å². The van der Waals surface area contributed by atoms with Crippen LogP contribution < -0.4 is 10.6 Å². The van der Waals surface area contributed by atoms with Crippen molar-refractivity contribution in [2.45, 2.75) is 33.2 Å². The van der Waals surface area contributed by atoms with Gasteiger partial charge in [0.05, 0.1) is 5.41 Å². The minimum atomic E-state index is -0.249. The monoisotopic (exact) mass is 282 g/mol. The van der Waals surface area contributed by atoms with E-state index in [1.807, 2.05) is 19.1 Å². The van der Waals surface area contributed by atoms with Crippen molar-refractivity contribution in [3.63, 3.8) is 0 Å². The highest BCUT2D eigenvalue weighted by molar-refractivity contribution is 5.85. The number of hydrogen-bond acceptors (Lipinski definition) is 2. The molecule has 19 heavy (non-hydrogen) atoms. The van der Waals surface area contributed by atoms with Gasteiger partial charge in [0.15, 0.2) is 0 Å². The highest BCUT2D eigenvalue weighted by atomic mass is 35.5. The number of hydrogen-bond donors (Lipinski definition) is 2. The number of nitrogens with one attached hydrogen (secondary N) is 2. The molecule has 1 fully saturated rings. The molecule has 0 radical (unpaired) electrons. The molecule has 106 valence electrons. The first-order valence-corrected chi connectivity index (χ1v) is 6.65. The fourth-order valence-corrected chi connectivity index (χ4v) is 2.45. The summed E-state index contributed by atoms with van der Waals surface area (Å²) < 4.78 is 0. The first-order valence-electron chi connectivity index (χ1n) is 6.65. The van der Waals surface area contributed by atoms with E-state index >= 15 is 0 Å². The topological polar surface area (TPSA) is 41.1 Å². The average molecular weight is 283 g/mol. The minimum Gasteiger partial charge on any atom is -0.352 e. The fourth-order valence-electron chi connectivity index (χ4n) is 2.45. The second-order valence-corrected chi connectivity index (χ2v) is 5.45. The number of rotatable bonds is 3. The van der Waals surface area contributed by atoms with Gasteiger partial charge in [-0.3, -0.25) is 4.79 Å². The highest BCUT2D eigenvalue weighted by Crippen LogP contribution is 2.25. The van der Waals surface area contributed by atoms with E-state index in [9.17, 15) is 4.79 Å². The van der Waals surface area contributed by atoms with Crippen LogP contribution in [0.5, 0.6) is 0 Å². The third kappa shape index (κ3) is 3.95. The van der Waals surface area contributed by atoms with Gasteiger partial charge in [-0.25, -0.2) is 0 Å². The number of halogens is 1. The van der Waals surface area contributed by atoms with Crippen LogP contribution in [0.15, 0.2) is 24.3 Å². The second kappa shape index (κ2) is 6.92. The Morgan fingerprint density at radius 3 is 2.79 bits per heavy atom. The van der Waals surface area contributed by atoms with E-state index in [-0.39, 0.29) is 23.7 Å². The summed E-state index contributed by atoms with van der Waals surface area (Å²) in [5.41, 5.74) is 2.17. The van der Waals surface area contributed by atoms with Crippen LogP contribution in [0.1, 0.15) is 30.9 Å². The fraction of sp³-hybridized carbons (Fsp3) is 0.533. The van der Waals surface area contributed by atoms with Crippen molar-refractivity contribution in [3.8, 4) is 0 Å². The molecule has 1 aromatic carbocycles. The SMILES string of the molecule is Cc1ccccc1CNC(=O)C1(C)CCCNC1.Cl. The molecular weight excluding hydrogens is 260 g/mol. The smallest absolute Gasteiger partial charge is 0.227 e. The van der Waals surface area contributed by atoms with Crippen molar-refractivity contribution in [2.75, 3.05) is 13.1 Å². The summed E-state index contributed by atoms with van der Waals surface area (Å²) in [5, 5.41) is 6.38. The van der Waals surface area contributed by atoms with E-state index < -0.39 is 0 Å². The molecule has 0 saturated carbocycles. The van der Waals surface area contributed by atoms with Crippen molar-refractivity contribution >= 4 is 18.3 Å². The molecule has 1 saturated heterocycles. The molecule has 1 aromatic rings. The van der Waals surface area contributed by atoms with Gasteiger partial charge in [-0.15, -0.1) is 12.4 Å². The molecule has 4 heteroatoms. The molecule has 1 aliphatic heterocycles. The van der Waals surface area contributed by atoms with Gasteiger partial charge in [-0.1, -0.05) is 24.3 Å². The summed E-state index contributed by atoms with van der Waals surface area (Å²) >= 11 is 0. The zero-order valence-corrected chi connectivity index (χ0v) is 12.5. The van der Waals surface area contributed by atoms with Crippen LogP contribution >= 0.6 is 12.4 Å². The zero-order chi connectivity index (χ0) is 13.0. The lowest BCUT2D eigenvalue weighted by Gasteiger charge is -2.32. The molecule has 0 aromatic heterocycles. The van der Waals surface area contributed by atoms with Gasteiger partial charge in [0.2, 0.25) is 5.91 Å². The maximum atomic E-state index is 12.3. The molecule has 0 aliphatic carbocycles. The van der Waals surface area contributed by atoms with Crippen LogP contribution in [0.2, 0.25) is 0 Å². The maximum Gasteiger partial charge on any atom is 0.227 e. The number of amides is 1. The van der Waals surface area contributed by atoms with Gasteiger partial charge in [0.1, 0.15) is 0 Å². The standard InChI is InChI=1S/C15H22N2O.ClH/c1-12-6-3-4-7-13(12)10-17-14(18)15(2)8-5-9-16-11-15;/h3-4,6-7,16H,5,8-11H2,1-2H3,(H,17,18);1H. The zero-order valence-electron chi connectivity index (χ0n) is 11.7. The molecule has 2 rings (SSSR count). The molecule has 3 nitrogen and oxygen atoms in total. The Labute approximate surface area is 121 Å². The van der Waals surface area contributed by atoms with Crippen molar-refractivity contribution in [1.29, 1.82) is 0 Å². The van der Waals surface area contributed by atoms with Crippen molar-refractivity contribution in [1.82, 2.24) is 10.6 Å². The van der Waals surface area contributed by atoms with Crippen LogP contribution in [0.25, 0.3) is 0 Å². The summed E-state index contributed by atoms with van der Waals surface area (Å²) in [6.45, 7) is 6.56. The van der Waals surface area contributed by atoms with Crippen LogP contribution in [0.3, 0.4) is 0 Å². The lowest BCUT2D eigenvalue weighted by molar-refractivity contribution is -0.131. The molecule has 1 unspecified atom stereocenters. The molecule has 1 amide bonds. The lowest BCUT2D eigenvalue weighted by Crippen LogP contribution is -2.48. The second-order valence-electron chi connectivity index (χ2n) is 5.45. The number of benzene rings is 1. The van der Waals surface area contributed by atoms with Crippen molar-refractivity contribution in [3.05, 3.63) is 35.4 Å². The van der Waals surface area contributed by atoms with E-state index in [0.29, 0.717) is 6.54 Å². The van der Waals surface area contributed by atoms with E-state index in [4.69, 9.17) is 0 Å². The van der Waals surface area contributed by atoms with Crippen molar-refractivity contribution in [2.24, 2.45) is 5.41 Å². The Hall–Kier alpha value is -1.06. The molecule has 1 heterocycles. The quantitative estimate of drug-likeness (QED) is 0.894. The molecule has 2 N–H and O–H groups in total. The van der Waals surface area contributed by atoms with Gasteiger partial charge in [0, 0.05) is 13.1 Å². The maximum absolute atomic E-state index is 12.3. The third-order valence-corrected chi connectivity index (χ3v) is 3.85. The van der Waals surface area contributed by atoms with Gasteiger partial charge in [0.25, 0.3) is 0 Å². The Kier molecular flexibility index (Phi) is 5.83. The Morgan fingerprint density at radius 2 is 2.16 bits per heavy atom. The van der Waals surface area contributed by atoms with E-state index in [1.54, 1.807) is 0 Å². The normalized spacial score (nSPS) is 22.4. The Bertz CT molecular complexity index is 428. The first kappa shape index (κ1) is 16.0. The summed E-state index contributed by atoms with van der Waals surface area (Å²) in [5.74, 6) is 0.165. The van der Waals surface area contributed by atoms with Crippen LogP contribution in [0, 0.1) is 12.3 Å². The van der Waals surface area contributed by atoms with Gasteiger partial charge < -0.3 is 10.6 Å². The first-order chi connectivity index (χ1) is 8.62. The molecular formula is C15H23ClN2O.